The topological polar surface area (TPSA) is 106 Å². The molecule has 0 saturated heterocycles. The summed E-state index contributed by atoms with van der Waals surface area (Å²) in [7, 11) is 1.66. The molecule has 112 valence electrons. The first-order valence-corrected chi connectivity index (χ1v) is 6.58. The lowest BCUT2D eigenvalue weighted by atomic mass is 10.1. The van der Waals surface area contributed by atoms with E-state index in [2.05, 4.69) is 20.6 Å². The molecular weight excluding hydrogens is 274 g/mol. The summed E-state index contributed by atoms with van der Waals surface area (Å²) in [6, 6.07) is 3.74. The number of nitro groups is 1. The summed E-state index contributed by atoms with van der Waals surface area (Å²) in [5.41, 5.74) is -0.140. The van der Waals surface area contributed by atoms with Crippen molar-refractivity contribution < 1.29 is 9.34 Å². The highest BCUT2D eigenvalue weighted by atomic mass is 16.6. The van der Waals surface area contributed by atoms with E-state index < -0.39 is 4.92 Å². The predicted octanol–water partition coefficient (Wildman–Crippen LogP) is 2.45. The smallest absolute Gasteiger partial charge is 0.329 e. The van der Waals surface area contributed by atoms with Crippen LogP contribution in [0.15, 0.2) is 29.0 Å². The number of aromatic nitrogens is 2. The van der Waals surface area contributed by atoms with Gasteiger partial charge in [0.05, 0.1) is 11.2 Å². The van der Waals surface area contributed by atoms with E-state index in [1.165, 1.54) is 6.20 Å². The minimum atomic E-state index is -0.499. The molecule has 2 aromatic rings. The third kappa shape index (κ3) is 3.91. The van der Waals surface area contributed by atoms with Crippen molar-refractivity contribution in [3.63, 3.8) is 0 Å². The van der Waals surface area contributed by atoms with Crippen LogP contribution in [0.2, 0.25) is 0 Å². The number of rotatable bonds is 7. The van der Waals surface area contributed by atoms with E-state index in [4.69, 9.17) is 4.42 Å². The van der Waals surface area contributed by atoms with Crippen molar-refractivity contribution >= 4 is 17.5 Å². The van der Waals surface area contributed by atoms with Crippen LogP contribution in [0.1, 0.15) is 19.1 Å². The summed E-state index contributed by atoms with van der Waals surface area (Å²) < 4.78 is 5.26. The van der Waals surface area contributed by atoms with Gasteiger partial charge in [-0.15, -0.1) is 0 Å². The van der Waals surface area contributed by atoms with Gasteiger partial charge in [0.15, 0.2) is 0 Å². The first-order valence-electron chi connectivity index (χ1n) is 6.58. The van der Waals surface area contributed by atoms with Gasteiger partial charge in [0.25, 0.3) is 0 Å². The molecular formula is C13H17N5O3. The van der Waals surface area contributed by atoms with Gasteiger partial charge in [0.2, 0.25) is 11.8 Å². The molecule has 21 heavy (non-hydrogen) atoms. The summed E-state index contributed by atoms with van der Waals surface area (Å²) >= 11 is 0. The standard InChI is InChI=1S/C13H17N5O3/c1-9(5-6-10-4-3-7-21-10)16-12-11(18(19)20)8-15-13(14-2)17-12/h3-4,7-9H,5-6H2,1-2H3,(H2,14,15,16,17). The van der Waals surface area contributed by atoms with Gasteiger partial charge in [-0.3, -0.25) is 10.1 Å². The van der Waals surface area contributed by atoms with Crippen molar-refractivity contribution in [1.29, 1.82) is 0 Å². The summed E-state index contributed by atoms with van der Waals surface area (Å²) in [4.78, 5) is 18.5. The maximum atomic E-state index is 11.0. The normalized spacial score (nSPS) is 11.9. The summed E-state index contributed by atoms with van der Waals surface area (Å²) in [5, 5.41) is 16.8. The zero-order valence-electron chi connectivity index (χ0n) is 11.9. The Labute approximate surface area is 121 Å². The van der Waals surface area contributed by atoms with Crippen LogP contribution < -0.4 is 10.6 Å². The van der Waals surface area contributed by atoms with Crippen LogP contribution in [0.25, 0.3) is 0 Å². The molecule has 0 bridgehead atoms. The zero-order valence-corrected chi connectivity index (χ0v) is 11.9. The Bertz CT molecular complexity index is 600. The summed E-state index contributed by atoms with van der Waals surface area (Å²) in [5.74, 6) is 1.43. The van der Waals surface area contributed by atoms with Crippen molar-refractivity contribution in [3.8, 4) is 0 Å². The molecule has 2 aromatic heterocycles. The van der Waals surface area contributed by atoms with Gasteiger partial charge in [0, 0.05) is 19.5 Å². The molecule has 1 unspecified atom stereocenters. The molecule has 1 atom stereocenters. The second-order valence-electron chi connectivity index (χ2n) is 4.60. The van der Waals surface area contributed by atoms with Crippen LogP contribution in [0.4, 0.5) is 17.5 Å². The van der Waals surface area contributed by atoms with Crippen LogP contribution in [-0.2, 0) is 6.42 Å². The van der Waals surface area contributed by atoms with Crippen molar-refractivity contribution in [2.75, 3.05) is 17.7 Å². The second-order valence-corrected chi connectivity index (χ2v) is 4.60. The number of nitrogens with one attached hydrogen (secondary N) is 2. The number of aryl methyl sites for hydroxylation is 1. The Morgan fingerprint density at radius 3 is 2.95 bits per heavy atom. The Morgan fingerprint density at radius 2 is 2.33 bits per heavy atom. The van der Waals surface area contributed by atoms with Crippen molar-refractivity contribution in [1.82, 2.24) is 9.97 Å². The molecule has 2 heterocycles. The lowest BCUT2D eigenvalue weighted by Gasteiger charge is -2.14. The van der Waals surface area contributed by atoms with Crippen LogP contribution in [-0.4, -0.2) is 28.0 Å². The van der Waals surface area contributed by atoms with E-state index in [0.717, 1.165) is 18.6 Å². The molecule has 0 radical (unpaired) electrons. The average Bonchev–Trinajstić information content (AvgIpc) is 2.98. The maximum Gasteiger partial charge on any atom is 0.329 e. The van der Waals surface area contributed by atoms with Gasteiger partial charge in [-0.25, -0.2) is 4.98 Å². The number of nitrogens with zero attached hydrogens (tertiary/aromatic N) is 3. The van der Waals surface area contributed by atoms with E-state index in [0.29, 0.717) is 5.95 Å². The molecule has 0 aliphatic rings. The number of furan rings is 1. The number of anilines is 2. The molecule has 0 spiro atoms. The van der Waals surface area contributed by atoms with Crippen LogP contribution in [0, 0.1) is 10.1 Å². The first-order chi connectivity index (χ1) is 10.1. The SMILES string of the molecule is CNc1ncc([N+](=O)[O-])c(NC(C)CCc2ccco2)n1. The molecule has 0 aliphatic heterocycles. The maximum absolute atomic E-state index is 11.0. The fraction of sp³-hybridized carbons (Fsp3) is 0.385. The molecule has 0 aromatic carbocycles. The van der Waals surface area contributed by atoms with Crippen LogP contribution in [0.5, 0.6) is 0 Å². The molecule has 2 N–H and O–H groups in total. The molecule has 0 aliphatic carbocycles. The molecule has 0 saturated carbocycles. The highest BCUT2D eigenvalue weighted by Crippen LogP contribution is 2.23. The molecule has 0 amide bonds. The van der Waals surface area contributed by atoms with Gasteiger partial charge in [-0.2, -0.15) is 4.98 Å². The Kier molecular flexibility index (Phi) is 4.70. The monoisotopic (exact) mass is 291 g/mol. The lowest BCUT2D eigenvalue weighted by Crippen LogP contribution is -2.18. The largest absolute Gasteiger partial charge is 0.469 e. The quantitative estimate of drug-likeness (QED) is 0.596. The first kappa shape index (κ1) is 14.8. The fourth-order valence-corrected chi connectivity index (χ4v) is 1.85. The van der Waals surface area contributed by atoms with Gasteiger partial charge >= 0.3 is 5.69 Å². The minimum Gasteiger partial charge on any atom is -0.469 e. The zero-order chi connectivity index (χ0) is 15.2. The van der Waals surface area contributed by atoms with E-state index >= 15 is 0 Å². The Morgan fingerprint density at radius 1 is 1.52 bits per heavy atom. The van der Waals surface area contributed by atoms with Crippen LogP contribution in [0.3, 0.4) is 0 Å². The van der Waals surface area contributed by atoms with E-state index in [-0.39, 0.29) is 17.5 Å². The molecule has 0 fully saturated rings. The van der Waals surface area contributed by atoms with Gasteiger partial charge in [-0.05, 0) is 25.5 Å². The fourth-order valence-electron chi connectivity index (χ4n) is 1.85. The molecule has 2 rings (SSSR count). The van der Waals surface area contributed by atoms with Gasteiger partial charge in [0.1, 0.15) is 12.0 Å². The van der Waals surface area contributed by atoms with Crippen molar-refractivity contribution in [2.45, 2.75) is 25.8 Å². The van der Waals surface area contributed by atoms with Gasteiger partial charge < -0.3 is 15.1 Å². The van der Waals surface area contributed by atoms with E-state index in [1.807, 2.05) is 19.1 Å². The predicted molar refractivity (Wildman–Crippen MR) is 78.3 cm³/mol. The summed E-state index contributed by atoms with van der Waals surface area (Å²) in [6.07, 6.45) is 4.34. The van der Waals surface area contributed by atoms with Crippen molar-refractivity contribution in [2.24, 2.45) is 0 Å². The van der Waals surface area contributed by atoms with E-state index in [1.54, 1.807) is 13.3 Å². The summed E-state index contributed by atoms with van der Waals surface area (Å²) in [6.45, 7) is 1.94. The minimum absolute atomic E-state index is 0.00778. The van der Waals surface area contributed by atoms with Crippen molar-refractivity contribution in [3.05, 3.63) is 40.5 Å². The third-order valence-corrected chi connectivity index (χ3v) is 2.98. The van der Waals surface area contributed by atoms with E-state index in [9.17, 15) is 10.1 Å². The average molecular weight is 291 g/mol. The highest BCUT2D eigenvalue weighted by Gasteiger charge is 2.18. The number of hydrogen-bond donors (Lipinski definition) is 2. The van der Waals surface area contributed by atoms with Crippen LogP contribution >= 0.6 is 0 Å². The Hall–Kier alpha value is -2.64. The third-order valence-electron chi connectivity index (χ3n) is 2.98. The second kappa shape index (κ2) is 6.69. The Balaban J connectivity index is 2.04. The highest BCUT2D eigenvalue weighted by molar-refractivity contribution is 5.57. The molecule has 8 heteroatoms. The lowest BCUT2D eigenvalue weighted by molar-refractivity contribution is -0.384. The van der Waals surface area contributed by atoms with Gasteiger partial charge in [-0.1, -0.05) is 0 Å². The number of hydrogen-bond acceptors (Lipinski definition) is 7. The molecule has 8 nitrogen and oxygen atoms in total.